The first-order chi connectivity index (χ1) is 6.66. The van der Waals surface area contributed by atoms with Gasteiger partial charge in [0, 0.05) is 4.88 Å². The number of rotatable bonds is 2. The van der Waals surface area contributed by atoms with Crippen molar-refractivity contribution < 1.29 is 14.3 Å². The number of aromatic nitrogens is 1. The Morgan fingerprint density at radius 3 is 2.86 bits per heavy atom. The van der Waals surface area contributed by atoms with Crippen molar-refractivity contribution in [1.82, 2.24) is 4.98 Å². The van der Waals surface area contributed by atoms with Gasteiger partial charge in [0.15, 0.2) is 0 Å². The Hall–Kier alpha value is -1.62. The predicted octanol–water partition coefficient (Wildman–Crippen LogP) is 2.41. The average Bonchev–Trinajstić information content (AvgIpc) is 2.70. The first-order valence-electron chi connectivity index (χ1n) is 3.93. The Bertz CT molecular complexity index is 472. The highest BCUT2D eigenvalue weighted by Crippen LogP contribution is 2.26. The van der Waals surface area contributed by atoms with Gasteiger partial charge in [0.1, 0.15) is 0 Å². The highest BCUT2D eigenvalue weighted by Gasteiger charge is 2.12. The highest BCUT2D eigenvalue weighted by atomic mass is 32.1. The second-order valence-corrected chi connectivity index (χ2v) is 4.03. The van der Waals surface area contributed by atoms with Gasteiger partial charge in [0.2, 0.25) is 11.7 Å². The van der Waals surface area contributed by atoms with Crippen LogP contribution in [0.3, 0.4) is 0 Å². The zero-order valence-electron chi connectivity index (χ0n) is 7.35. The van der Waals surface area contributed by atoms with E-state index in [-0.39, 0.29) is 5.76 Å². The molecule has 0 atom stereocenters. The Balaban J connectivity index is 2.38. The number of carboxylic acid groups (broad SMARTS) is 1. The maximum absolute atomic E-state index is 10.5. The molecule has 0 aliphatic carbocycles. The molecule has 1 N–H and O–H groups in total. The summed E-state index contributed by atoms with van der Waals surface area (Å²) in [7, 11) is 0. The zero-order valence-corrected chi connectivity index (χ0v) is 8.17. The predicted molar refractivity (Wildman–Crippen MR) is 51.5 cm³/mol. The molecule has 2 rings (SSSR count). The van der Waals surface area contributed by atoms with Crippen LogP contribution < -0.4 is 0 Å². The summed E-state index contributed by atoms with van der Waals surface area (Å²) in [5, 5.41) is 8.62. The molecular weight excluding hydrogens is 202 g/mol. The van der Waals surface area contributed by atoms with Gasteiger partial charge in [0.05, 0.1) is 11.1 Å². The fourth-order valence-electron chi connectivity index (χ4n) is 1.04. The van der Waals surface area contributed by atoms with Crippen LogP contribution in [-0.2, 0) is 0 Å². The molecule has 4 nitrogen and oxygen atoms in total. The first-order valence-corrected chi connectivity index (χ1v) is 4.74. The summed E-state index contributed by atoms with van der Waals surface area (Å²) in [6.07, 6.45) is 1.22. The Morgan fingerprint density at radius 1 is 1.57 bits per heavy atom. The van der Waals surface area contributed by atoms with Crippen LogP contribution >= 0.6 is 11.3 Å². The van der Waals surface area contributed by atoms with E-state index in [0.717, 1.165) is 9.75 Å². The molecule has 2 aromatic rings. The zero-order chi connectivity index (χ0) is 10.1. The summed E-state index contributed by atoms with van der Waals surface area (Å²) < 4.78 is 5.04. The summed E-state index contributed by atoms with van der Waals surface area (Å²) in [5.41, 5.74) is 0. The molecule has 0 radical (unpaired) electrons. The van der Waals surface area contributed by atoms with Crippen LogP contribution in [0.2, 0.25) is 0 Å². The van der Waals surface area contributed by atoms with Crippen LogP contribution in [0.25, 0.3) is 10.8 Å². The standard InChI is InChI=1S/C9H7NO3S/c1-5-2-3-7(14-5)8-10-4-6(13-8)9(11)12/h2-4H,1H3,(H,11,12). The normalized spacial score (nSPS) is 10.4. The van der Waals surface area contributed by atoms with Crippen LogP contribution in [0.4, 0.5) is 0 Å². The highest BCUT2D eigenvalue weighted by molar-refractivity contribution is 7.15. The third-order valence-electron chi connectivity index (χ3n) is 1.67. The maximum Gasteiger partial charge on any atom is 0.373 e. The molecule has 0 bridgehead atoms. The van der Waals surface area contributed by atoms with Gasteiger partial charge in [0.25, 0.3) is 0 Å². The second kappa shape index (κ2) is 3.26. The maximum atomic E-state index is 10.5. The number of hydrogen-bond acceptors (Lipinski definition) is 4. The minimum absolute atomic E-state index is 0.133. The van der Waals surface area contributed by atoms with E-state index in [9.17, 15) is 4.79 Å². The fraction of sp³-hybridized carbons (Fsp3) is 0.111. The van der Waals surface area contributed by atoms with Gasteiger partial charge in [-0.05, 0) is 19.1 Å². The van der Waals surface area contributed by atoms with Gasteiger partial charge in [-0.3, -0.25) is 0 Å². The Labute approximate surface area is 83.8 Å². The monoisotopic (exact) mass is 209 g/mol. The lowest BCUT2D eigenvalue weighted by atomic mass is 10.4. The molecule has 0 aliphatic heterocycles. The van der Waals surface area contributed by atoms with Crippen molar-refractivity contribution >= 4 is 17.3 Å². The van der Waals surface area contributed by atoms with Crippen molar-refractivity contribution in [2.45, 2.75) is 6.92 Å². The number of hydrogen-bond donors (Lipinski definition) is 1. The SMILES string of the molecule is Cc1ccc(-c2ncc(C(=O)O)o2)s1. The lowest BCUT2D eigenvalue weighted by Crippen LogP contribution is -1.91. The summed E-state index contributed by atoms with van der Waals surface area (Å²) in [6, 6.07) is 3.79. The van der Waals surface area contributed by atoms with E-state index < -0.39 is 5.97 Å². The van der Waals surface area contributed by atoms with E-state index in [1.807, 2.05) is 19.1 Å². The number of thiophene rings is 1. The first kappa shape index (κ1) is 8.96. The lowest BCUT2D eigenvalue weighted by molar-refractivity contribution is 0.0663. The summed E-state index contributed by atoms with van der Waals surface area (Å²) in [5.74, 6) is -0.872. The molecule has 0 aliphatic rings. The molecule has 72 valence electrons. The van der Waals surface area contributed by atoms with Crippen LogP contribution in [0, 0.1) is 6.92 Å². The van der Waals surface area contributed by atoms with Gasteiger partial charge < -0.3 is 9.52 Å². The lowest BCUT2D eigenvalue weighted by Gasteiger charge is -1.86. The number of nitrogens with zero attached hydrogens (tertiary/aromatic N) is 1. The van der Waals surface area contributed by atoms with E-state index in [0.29, 0.717) is 5.89 Å². The number of oxazole rings is 1. The molecule has 0 spiro atoms. The Morgan fingerprint density at radius 2 is 2.36 bits per heavy atom. The minimum Gasteiger partial charge on any atom is -0.475 e. The number of aromatic carboxylic acids is 1. The van der Waals surface area contributed by atoms with Crippen molar-refractivity contribution in [3.63, 3.8) is 0 Å². The number of aryl methyl sites for hydroxylation is 1. The third-order valence-corrected chi connectivity index (χ3v) is 2.66. The molecule has 2 aromatic heterocycles. The largest absolute Gasteiger partial charge is 0.475 e. The third kappa shape index (κ3) is 1.54. The van der Waals surface area contributed by atoms with Crippen LogP contribution in [0.5, 0.6) is 0 Å². The molecular formula is C9H7NO3S. The van der Waals surface area contributed by atoms with Gasteiger partial charge >= 0.3 is 5.97 Å². The smallest absolute Gasteiger partial charge is 0.373 e. The van der Waals surface area contributed by atoms with Crippen LogP contribution in [0.1, 0.15) is 15.4 Å². The topological polar surface area (TPSA) is 63.3 Å². The van der Waals surface area contributed by atoms with Crippen molar-refractivity contribution in [1.29, 1.82) is 0 Å². The minimum atomic E-state index is -1.10. The van der Waals surface area contributed by atoms with Crippen LogP contribution in [-0.4, -0.2) is 16.1 Å². The van der Waals surface area contributed by atoms with E-state index in [4.69, 9.17) is 9.52 Å². The van der Waals surface area contributed by atoms with Gasteiger partial charge in [-0.25, -0.2) is 9.78 Å². The van der Waals surface area contributed by atoms with E-state index in [1.54, 1.807) is 0 Å². The second-order valence-electron chi connectivity index (χ2n) is 2.75. The molecule has 2 heterocycles. The molecule has 0 amide bonds. The Kier molecular flexibility index (Phi) is 2.09. The fourth-order valence-corrected chi connectivity index (χ4v) is 1.84. The van der Waals surface area contributed by atoms with Crippen molar-refractivity contribution in [2.75, 3.05) is 0 Å². The van der Waals surface area contributed by atoms with Crippen molar-refractivity contribution in [2.24, 2.45) is 0 Å². The van der Waals surface area contributed by atoms with Crippen molar-refractivity contribution in [3.05, 3.63) is 29.0 Å². The van der Waals surface area contributed by atoms with Gasteiger partial charge in [-0.15, -0.1) is 11.3 Å². The molecule has 0 unspecified atom stereocenters. The average molecular weight is 209 g/mol. The number of carboxylic acids is 1. The van der Waals surface area contributed by atoms with E-state index in [2.05, 4.69) is 4.98 Å². The van der Waals surface area contributed by atoms with E-state index in [1.165, 1.54) is 17.5 Å². The van der Waals surface area contributed by atoms with Crippen LogP contribution in [0.15, 0.2) is 22.7 Å². The molecule has 0 saturated heterocycles. The number of carbonyl (C=O) groups is 1. The van der Waals surface area contributed by atoms with Crippen molar-refractivity contribution in [3.8, 4) is 10.8 Å². The summed E-state index contributed by atoms with van der Waals surface area (Å²) in [4.78, 5) is 16.4. The van der Waals surface area contributed by atoms with E-state index >= 15 is 0 Å². The molecule has 5 heteroatoms. The molecule has 0 fully saturated rings. The molecule has 0 aromatic carbocycles. The quantitative estimate of drug-likeness (QED) is 0.824. The molecule has 14 heavy (non-hydrogen) atoms. The summed E-state index contributed by atoms with van der Waals surface area (Å²) >= 11 is 1.52. The van der Waals surface area contributed by atoms with Gasteiger partial charge in [-0.2, -0.15) is 0 Å². The summed E-state index contributed by atoms with van der Waals surface area (Å²) in [6.45, 7) is 1.97. The molecule has 0 saturated carbocycles. The van der Waals surface area contributed by atoms with Gasteiger partial charge in [-0.1, -0.05) is 0 Å².